The molecule has 8 rings (SSSR count). The van der Waals surface area contributed by atoms with Gasteiger partial charge in [0.15, 0.2) is 0 Å². The maximum absolute atomic E-state index is 2.55. The van der Waals surface area contributed by atoms with Crippen molar-refractivity contribution in [3.8, 4) is 0 Å². The Labute approximate surface area is 288 Å². The highest BCUT2D eigenvalue weighted by Crippen LogP contribution is 2.52. The average Bonchev–Trinajstić information content (AvgIpc) is 3.22. The van der Waals surface area contributed by atoms with Gasteiger partial charge in [-0.05, 0) is 115 Å². The Hall–Kier alpha value is -4.24. The highest BCUT2D eigenvalue weighted by molar-refractivity contribution is 7.00. The number of anilines is 6. The van der Waals surface area contributed by atoms with Crippen LogP contribution in [0, 0.1) is 0 Å². The lowest BCUT2D eigenvalue weighted by Crippen LogP contribution is -2.61. The van der Waals surface area contributed by atoms with E-state index in [0.29, 0.717) is 0 Å². The SMILES string of the molecule is CC(C)(C)c1ccc(N2c3ccc(C(C)(C)C)cc3B3c4ccccc4N(c4ccc5c(c4)C(C)(C)CC5(C)C)c4cccc2c43)cc1. The number of hydrogen-bond donors (Lipinski definition) is 0. The number of hydrogen-bond acceptors (Lipinski definition) is 2. The molecule has 5 aromatic rings. The fourth-order valence-electron chi connectivity index (χ4n) is 9.14. The fourth-order valence-corrected chi connectivity index (χ4v) is 9.14. The van der Waals surface area contributed by atoms with Gasteiger partial charge in [0, 0.05) is 34.1 Å². The lowest BCUT2D eigenvalue weighted by Gasteiger charge is -2.44. The summed E-state index contributed by atoms with van der Waals surface area (Å²) >= 11 is 0. The summed E-state index contributed by atoms with van der Waals surface area (Å²) in [4.78, 5) is 5.07. The first-order valence-corrected chi connectivity index (χ1v) is 17.8. The Bertz CT molecular complexity index is 2090. The molecular weight excluding hydrogens is 579 g/mol. The zero-order valence-corrected chi connectivity index (χ0v) is 30.5. The van der Waals surface area contributed by atoms with Crippen LogP contribution in [0.3, 0.4) is 0 Å². The van der Waals surface area contributed by atoms with Crippen LogP contribution in [0.15, 0.2) is 103 Å². The standard InChI is InChI=1S/C45H49BN2/c1-42(2,3)29-18-21-31(22-19-29)47-38-25-20-30(43(4,5)6)26-36(38)46-35-14-11-12-15-37(35)48(40-17-13-16-39(47)41(40)46)32-23-24-33-34(27-32)45(9,10)28-44(33,7)8/h11-27H,28H2,1-10H3. The van der Waals surface area contributed by atoms with Gasteiger partial charge in [0.2, 0.25) is 0 Å². The number of fused-ring (bicyclic) bond motifs is 5. The summed E-state index contributed by atoms with van der Waals surface area (Å²) in [7, 11) is 0. The molecule has 0 atom stereocenters. The predicted octanol–water partition coefficient (Wildman–Crippen LogP) is 10.3. The third-order valence-corrected chi connectivity index (χ3v) is 11.4. The second kappa shape index (κ2) is 10.1. The first-order chi connectivity index (χ1) is 22.6. The quantitative estimate of drug-likeness (QED) is 0.176. The summed E-state index contributed by atoms with van der Waals surface area (Å²) in [6, 6.07) is 39.9. The fraction of sp³-hybridized carbons (Fsp3) is 0.333. The summed E-state index contributed by atoms with van der Waals surface area (Å²) < 4.78 is 0. The van der Waals surface area contributed by atoms with Crippen LogP contribution >= 0.6 is 0 Å². The Morgan fingerprint density at radius 1 is 0.500 bits per heavy atom. The van der Waals surface area contributed by atoms with Crippen LogP contribution in [0.4, 0.5) is 34.1 Å². The minimum atomic E-state index is 0.0409. The summed E-state index contributed by atoms with van der Waals surface area (Å²) in [6.07, 6.45) is 1.16. The molecule has 242 valence electrons. The van der Waals surface area contributed by atoms with Crippen molar-refractivity contribution in [3.63, 3.8) is 0 Å². The van der Waals surface area contributed by atoms with Crippen LogP contribution < -0.4 is 26.2 Å². The van der Waals surface area contributed by atoms with Crippen LogP contribution in [-0.4, -0.2) is 6.71 Å². The van der Waals surface area contributed by atoms with E-state index in [9.17, 15) is 0 Å². The van der Waals surface area contributed by atoms with Crippen molar-refractivity contribution in [3.05, 3.63) is 125 Å². The van der Waals surface area contributed by atoms with Crippen molar-refractivity contribution in [2.75, 3.05) is 9.80 Å². The van der Waals surface area contributed by atoms with Crippen LogP contribution in [0.25, 0.3) is 0 Å². The van der Waals surface area contributed by atoms with Crippen LogP contribution in [-0.2, 0) is 21.7 Å². The average molecular weight is 629 g/mol. The number of benzene rings is 5. The van der Waals surface area contributed by atoms with Crippen LogP contribution in [0.5, 0.6) is 0 Å². The van der Waals surface area contributed by atoms with Crippen molar-refractivity contribution in [2.45, 2.75) is 97.3 Å². The van der Waals surface area contributed by atoms with Gasteiger partial charge in [-0.2, -0.15) is 0 Å². The maximum atomic E-state index is 2.55. The Morgan fingerprint density at radius 2 is 1.04 bits per heavy atom. The Balaban J connectivity index is 1.40. The van der Waals surface area contributed by atoms with Gasteiger partial charge in [0.05, 0.1) is 0 Å². The number of para-hydroxylation sites is 1. The molecule has 1 aliphatic carbocycles. The molecule has 3 heteroatoms. The molecule has 0 N–H and O–H groups in total. The zero-order valence-electron chi connectivity index (χ0n) is 30.5. The van der Waals surface area contributed by atoms with E-state index in [1.165, 1.54) is 72.8 Å². The lowest BCUT2D eigenvalue weighted by molar-refractivity contribution is 0.403. The van der Waals surface area contributed by atoms with Gasteiger partial charge in [-0.25, -0.2) is 0 Å². The van der Waals surface area contributed by atoms with Gasteiger partial charge in [-0.3, -0.25) is 0 Å². The van der Waals surface area contributed by atoms with Crippen molar-refractivity contribution < 1.29 is 0 Å². The predicted molar refractivity (Wildman–Crippen MR) is 209 cm³/mol. The molecule has 5 aromatic carbocycles. The van der Waals surface area contributed by atoms with Gasteiger partial charge in [-0.1, -0.05) is 124 Å². The molecule has 48 heavy (non-hydrogen) atoms. The highest BCUT2D eigenvalue weighted by Gasteiger charge is 2.45. The Kier molecular flexibility index (Phi) is 6.56. The van der Waals surface area contributed by atoms with Crippen molar-refractivity contribution >= 4 is 57.2 Å². The second-order valence-electron chi connectivity index (χ2n) is 17.9. The molecule has 2 heterocycles. The van der Waals surface area contributed by atoms with E-state index >= 15 is 0 Å². The van der Waals surface area contributed by atoms with E-state index in [1.54, 1.807) is 0 Å². The van der Waals surface area contributed by atoms with E-state index in [2.05, 4.69) is 182 Å². The molecule has 0 fully saturated rings. The summed E-state index contributed by atoms with van der Waals surface area (Å²) in [5.74, 6) is 0. The molecule has 0 bridgehead atoms. The summed E-state index contributed by atoms with van der Waals surface area (Å²) in [5, 5.41) is 0. The minimum Gasteiger partial charge on any atom is -0.311 e. The van der Waals surface area contributed by atoms with E-state index in [1.807, 2.05) is 0 Å². The molecule has 2 nitrogen and oxygen atoms in total. The molecule has 0 aromatic heterocycles. The molecule has 0 radical (unpaired) electrons. The topological polar surface area (TPSA) is 6.48 Å². The monoisotopic (exact) mass is 628 g/mol. The third kappa shape index (κ3) is 4.61. The number of rotatable bonds is 2. The molecule has 0 saturated heterocycles. The summed E-state index contributed by atoms with van der Waals surface area (Å²) in [5.41, 5.74) is 17.8. The van der Waals surface area contributed by atoms with Crippen LogP contribution in [0.1, 0.15) is 97.9 Å². The largest absolute Gasteiger partial charge is 0.311 e. The lowest BCUT2D eigenvalue weighted by atomic mass is 9.33. The molecule has 2 aliphatic heterocycles. The Morgan fingerprint density at radius 3 is 1.71 bits per heavy atom. The van der Waals surface area contributed by atoms with Gasteiger partial charge < -0.3 is 9.80 Å². The van der Waals surface area contributed by atoms with E-state index < -0.39 is 0 Å². The second-order valence-corrected chi connectivity index (χ2v) is 17.9. The minimum absolute atomic E-state index is 0.0409. The van der Waals surface area contributed by atoms with Crippen molar-refractivity contribution in [1.29, 1.82) is 0 Å². The van der Waals surface area contributed by atoms with Crippen molar-refractivity contribution in [1.82, 2.24) is 0 Å². The van der Waals surface area contributed by atoms with Gasteiger partial charge in [0.25, 0.3) is 6.71 Å². The zero-order chi connectivity index (χ0) is 34.0. The molecular formula is C45H49BN2. The molecule has 0 spiro atoms. The third-order valence-electron chi connectivity index (χ3n) is 11.4. The molecule has 0 saturated carbocycles. The van der Waals surface area contributed by atoms with E-state index in [4.69, 9.17) is 0 Å². The maximum Gasteiger partial charge on any atom is 0.252 e. The van der Waals surface area contributed by atoms with E-state index in [0.717, 1.165) is 6.42 Å². The summed E-state index contributed by atoms with van der Waals surface area (Å²) in [6.45, 7) is 23.6. The highest BCUT2D eigenvalue weighted by atomic mass is 15.2. The first kappa shape index (κ1) is 31.1. The molecule has 0 unspecified atom stereocenters. The smallest absolute Gasteiger partial charge is 0.252 e. The van der Waals surface area contributed by atoms with E-state index in [-0.39, 0.29) is 28.4 Å². The molecule has 0 amide bonds. The number of nitrogens with zero attached hydrogens (tertiary/aromatic N) is 2. The van der Waals surface area contributed by atoms with Gasteiger partial charge in [0.1, 0.15) is 0 Å². The normalized spacial score (nSPS) is 17.1. The van der Waals surface area contributed by atoms with Gasteiger partial charge in [-0.15, -0.1) is 0 Å². The molecule has 3 aliphatic rings. The van der Waals surface area contributed by atoms with Crippen LogP contribution in [0.2, 0.25) is 0 Å². The van der Waals surface area contributed by atoms with Crippen molar-refractivity contribution in [2.24, 2.45) is 0 Å². The first-order valence-electron chi connectivity index (χ1n) is 17.8. The van der Waals surface area contributed by atoms with Gasteiger partial charge >= 0.3 is 0 Å².